The minimum Gasteiger partial charge on any atom is -0.495 e. The number of aromatic nitrogens is 4. The number of anilines is 2. The van der Waals surface area contributed by atoms with Gasteiger partial charge in [-0.2, -0.15) is 5.10 Å². The van der Waals surface area contributed by atoms with E-state index in [4.69, 9.17) is 10.5 Å². The molecule has 0 fully saturated rings. The van der Waals surface area contributed by atoms with E-state index in [0.29, 0.717) is 33.9 Å². The zero-order valence-corrected chi connectivity index (χ0v) is 17.7. The van der Waals surface area contributed by atoms with Gasteiger partial charge in [-0.25, -0.2) is 9.97 Å². The minimum atomic E-state index is -0.502. The first-order valence-corrected chi connectivity index (χ1v) is 10.2. The van der Waals surface area contributed by atoms with Crippen molar-refractivity contribution < 1.29 is 9.53 Å². The summed E-state index contributed by atoms with van der Waals surface area (Å²) >= 11 is 0. The molecule has 8 heteroatoms. The lowest BCUT2D eigenvalue weighted by molar-refractivity contribution is 0.100. The molecule has 0 saturated carbocycles. The average Bonchev–Trinajstić information content (AvgIpc) is 3.30. The van der Waals surface area contributed by atoms with E-state index >= 15 is 0 Å². The average molecular weight is 436 g/mol. The van der Waals surface area contributed by atoms with Crippen LogP contribution in [-0.4, -0.2) is 33.2 Å². The molecule has 0 unspecified atom stereocenters. The van der Waals surface area contributed by atoms with Crippen molar-refractivity contribution in [2.75, 3.05) is 12.4 Å². The Bertz CT molecular complexity index is 1460. The third-order valence-electron chi connectivity index (χ3n) is 5.35. The molecule has 5 aromatic rings. The molecule has 0 bridgehead atoms. The van der Waals surface area contributed by atoms with E-state index in [2.05, 4.69) is 25.5 Å². The van der Waals surface area contributed by atoms with E-state index in [1.165, 1.54) is 6.33 Å². The maximum Gasteiger partial charge on any atom is 0.248 e. The molecule has 33 heavy (non-hydrogen) atoms. The molecule has 0 radical (unpaired) electrons. The first-order chi connectivity index (χ1) is 16.1. The number of carbonyl (C=O) groups excluding carboxylic acids is 1. The van der Waals surface area contributed by atoms with Crippen molar-refractivity contribution in [3.05, 3.63) is 84.7 Å². The number of hydrogen-bond acceptors (Lipinski definition) is 6. The molecule has 0 aliphatic rings. The molecule has 0 aliphatic heterocycles. The normalized spacial score (nSPS) is 10.8. The van der Waals surface area contributed by atoms with Crippen LogP contribution in [0.4, 0.5) is 11.5 Å². The third-order valence-corrected chi connectivity index (χ3v) is 5.35. The van der Waals surface area contributed by atoms with E-state index in [1.54, 1.807) is 25.3 Å². The molecule has 2 heterocycles. The molecule has 0 atom stereocenters. The molecule has 162 valence electrons. The summed E-state index contributed by atoms with van der Waals surface area (Å²) in [4.78, 5) is 20.4. The summed E-state index contributed by atoms with van der Waals surface area (Å²) < 4.78 is 5.58. The van der Waals surface area contributed by atoms with Crippen LogP contribution in [0.2, 0.25) is 0 Å². The fourth-order valence-corrected chi connectivity index (χ4v) is 3.73. The Morgan fingerprint density at radius 3 is 2.55 bits per heavy atom. The number of H-pyrrole nitrogens is 1. The highest BCUT2D eigenvalue weighted by molar-refractivity contribution is 6.01. The van der Waals surface area contributed by atoms with Gasteiger partial charge in [-0.05, 0) is 35.4 Å². The Labute approximate surface area is 189 Å². The number of nitrogens with zero attached hydrogens (tertiary/aromatic N) is 3. The molecule has 1 amide bonds. The lowest BCUT2D eigenvalue weighted by atomic mass is 10.0. The van der Waals surface area contributed by atoms with Gasteiger partial charge in [0.05, 0.1) is 23.9 Å². The van der Waals surface area contributed by atoms with Gasteiger partial charge in [-0.3, -0.25) is 9.89 Å². The molecule has 8 nitrogen and oxygen atoms in total. The summed E-state index contributed by atoms with van der Waals surface area (Å²) in [5, 5.41) is 11.4. The van der Waals surface area contributed by atoms with Crippen LogP contribution in [0.5, 0.6) is 5.75 Å². The van der Waals surface area contributed by atoms with Crippen molar-refractivity contribution in [2.45, 2.75) is 0 Å². The molecule has 5 rings (SSSR count). The van der Waals surface area contributed by atoms with Crippen LogP contribution >= 0.6 is 0 Å². The number of rotatable bonds is 6. The van der Waals surface area contributed by atoms with Crippen LogP contribution in [0, 0.1) is 0 Å². The van der Waals surface area contributed by atoms with Gasteiger partial charge in [0.2, 0.25) is 5.91 Å². The number of primary amides is 1. The Kier molecular flexibility index (Phi) is 5.16. The third kappa shape index (κ3) is 3.85. The van der Waals surface area contributed by atoms with E-state index in [-0.39, 0.29) is 0 Å². The van der Waals surface area contributed by atoms with Crippen molar-refractivity contribution in [2.24, 2.45) is 5.73 Å². The summed E-state index contributed by atoms with van der Waals surface area (Å²) in [6, 6.07) is 23.0. The summed E-state index contributed by atoms with van der Waals surface area (Å²) in [5.74, 6) is 0.719. The van der Waals surface area contributed by atoms with E-state index < -0.39 is 5.91 Å². The quantitative estimate of drug-likeness (QED) is 0.360. The SMILES string of the molecule is COc1ccc(-c2ccccc2)cc1Nc1ncnc2n[nH]c(-c3cccc(C(N)=O)c3)c12. The molecule has 0 aliphatic carbocycles. The van der Waals surface area contributed by atoms with E-state index in [1.807, 2.05) is 54.6 Å². The Hall–Kier alpha value is -4.72. The van der Waals surface area contributed by atoms with Crippen LogP contribution < -0.4 is 15.8 Å². The van der Waals surface area contributed by atoms with Crippen molar-refractivity contribution in [1.29, 1.82) is 0 Å². The molecule has 4 N–H and O–H groups in total. The van der Waals surface area contributed by atoms with Crippen molar-refractivity contribution in [1.82, 2.24) is 20.2 Å². The van der Waals surface area contributed by atoms with E-state index in [9.17, 15) is 4.79 Å². The smallest absolute Gasteiger partial charge is 0.248 e. The first kappa shape index (κ1) is 20.2. The number of amides is 1. The summed E-state index contributed by atoms with van der Waals surface area (Å²) in [7, 11) is 1.62. The predicted octanol–water partition coefficient (Wildman–Crippen LogP) is 4.54. The highest BCUT2D eigenvalue weighted by Crippen LogP contribution is 2.36. The minimum absolute atomic E-state index is 0.402. The van der Waals surface area contributed by atoms with Crippen LogP contribution in [0.1, 0.15) is 10.4 Å². The maximum absolute atomic E-state index is 11.7. The summed E-state index contributed by atoms with van der Waals surface area (Å²) in [6.45, 7) is 0. The second-order valence-electron chi connectivity index (χ2n) is 7.37. The number of benzene rings is 3. The Morgan fingerprint density at radius 1 is 0.939 bits per heavy atom. The number of nitrogens with one attached hydrogen (secondary N) is 2. The van der Waals surface area contributed by atoms with Crippen LogP contribution in [0.15, 0.2) is 79.1 Å². The zero-order valence-electron chi connectivity index (χ0n) is 17.7. The van der Waals surface area contributed by atoms with Crippen molar-refractivity contribution in [3.63, 3.8) is 0 Å². The number of carbonyl (C=O) groups is 1. The van der Waals surface area contributed by atoms with E-state index in [0.717, 1.165) is 22.4 Å². The van der Waals surface area contributed by atoms with Crippen LogP contribution in [0.3, 0.4) is 0 Å². The number of aromatic amines is 1. The van der Waals surface area contributed by atoms with Gasteiger partial charge >= 0.3 is 0 Å². The van der Waals surface area contributed by atoms with Crippen LogP contribution in [-0.2, 0) is 0 Å². The molecule has 0 saturated heterocycles. The van der Waals surface area contributed by atoms with Gasteiger partial charge < -0.3 is 15.8 Å². The molecule has 0 spiro atoms. The number of hydrogen-bond donors (Lipinski definition) is 3. The van der Waals surface area contributed by atoms with Crippen molar-refractivity contribution >= 4 is 28.4 Å². The second-order valence-corrected chi connectivity index (χ2v) is 7.37. The van der Waals surface area contributed by atoms with Gasteiger partial charge in [-0.15, -0.1) is 0 Å². The zero-order chi connectivity index (χ0) is 22.8. The lowest BCUT2D eigenvalue weighted by Gasteiger charge is -2.13. The molecular weight excluding hydrogens is 416 g/mol. The highest BCUT2D eigenvalue weighted by atomic mass is 16.5. The van der Waals surface area contributed by atoms with Crippen molar-refractivity contribution in [3.8, 4) is 28.1 Å². The fraction of sp³-hybridized carbons (Fsp3) is 0.0400. The number of methoxy groups -OCH3 is 1. The predicted molar refractivity (Wildman–Crippen MR) is 127 cm³/mol. The first-order valence-electron chi connectivity index (χ1n) is 10.2. The Balaban J connectivity index is 1.61. The van der Waals surface area contributed by atoms with Gasteiger partial charge in [0.1, 0.15) is 17.9 Å². The van der Waals surface area contributed by atoms with Gasteiger partial charge in [0.25, 0.3) is 0 Å². The van der Waals surface area contributed by atoms with Crippen LogP contribution in [0.25, 0.3) is 33.4 Å². The summed E-state index contributed by atoms with van der Waals surface area (Å²) in [5.41, 5.74) is 10.6. The number of nitrogens with two attached hydrogens (primary N) is 1. The molecular formula is C25H20N6O2. The van der Waals surface area contributed by atoms with Gasteiger partial charge in [0.15, 0.2) is 5.65 Å². The second kappa shape index (κ2) is 8.43. The summed E-state index contributed by atoms with van der Waals surface area (Å²) in [6.07, 6.45) is 1.45. The van der Waals surface area contributed by atoms with Gasteiger partial charge in [0, 0.05) is 11.1 Å². The largest absolute Gasteiger partial charge is 0.495 e. The number of fused-ring (bicyclic) bond motifs is 1. The molecule has 2 aromatic heterocycles. The Morgan fingerprint density at radius 2 is 1.76 bits per heavy atom. The monoisotopic (exact) mass is 436 g/mol. The molecule has 3 aromatic carbocycles. The highest BCUT2D eigenvalue weighted by Gasteiger charge is 2.17. The lowest BCUT2D eigenvalue weighted by Crippen LogP contribution is -2.10. The number of ether oxygens (including phenoxy) is 1. The van der Waals surface area contributed by atoms with Gasteiger partial charge in [-0.1, -0.05) is 48.5 Å². The fourth-order valence-electron chi connectivity index (χ4n) is 3.73. The topological polar surface area (TPSA) is 119 Å². The maximum atomic E-state index is 11.7. The standard InChI is InChI=1S/C25H20N6O2/c1-33-20-11-10-16(15-6-3-2-4-7-15)13-19(20)29-24-21-22(30-31-25(21)28-14-27-24)17-8-5-9-18(12-17)23(26)32/h2-14H,1H3,(H2,26,32)(H2,27,28,29,30,31).